The average molecular weight is 461 g/mol. The van der Waals surface area contributed by atoms with Crippen LogP contribution in [-0.2, 0) is 0 Å². The van der Waals surface area contributed by atoms with Crippen LogP contribution in [0.5, 0.6) is 0 Å². The molecule has 2 atom stereocenters. The molecular weight excluding hydrogens is 431 g/mol. The van der Waals surface area contributed by atoms with Gasteiger partial charge in [0.15, 0.2) is 0 Å². The molecule has 3 N–H and O–H groups in total. The van der Waals surface area contributed by atoms with Gasteiger partial charge in [-0.25, -0.2) is 4.39 Å². The summed E-state index contributed by atoms with van der Waals surface area (Å²) in [6.07, 6.45) is 9.55. The van der Waals surface area contributed by atoms with Crippen molar-refractivity contribution < 1.29 is 13.7 Å². The van der Waals surface area contributed by atoms with E-state index in [9.17, 15) is 9.18 Å². The minimum absolute atomic E-state index is 0.177. The summed E-state index contributed by atoms with van der Waals surface area (Å²) >= 11 is 0. The first kappa shape index (κ1) is 23.4. The summed E-state index contributed by atoms with van der Waals surface area (Å²) < 4.78 is 19.7. The van der Waals surface area contributed by atoms with Crippen molar-refractivity contribution in [3.8, 4) is 0 Å². The van der Waals surface area contributed by atoms with Crippen molar-refractivity contribution in [1.82, 2.24) is 10.5 Å². The molecule has 1 heterocycles. The predicted molar refractivity (Wildman–Crippen MR) is 132 cm³/mol. The third-order valence-corrected chi connectivity index (χ3v) is 5.89. The van der Waals surface area contributed by atoms with Crippen LogP contribution in [0.4, 0.5) is 15.8 Å². The number of carbonyl (C=O) groups excluding carboxylic acids is 1. The molecule has 6 nitrogen and oxygen atoms in total. The van der Waals surface area contributed by atoms with E-state index in [2.05, 4.69) is 57.5 Å². The minimum atomic E-state index is -0.434. The Hall–Kier alpha value is -3.71. The Kier molecular flexibility index (Phi) is 7.54. The van der Waals surface area contributed by atoms with Gasteiger partial charge in [0.2, 0.25) is 0 Å². The number of allylic oxidation sites excluding steroid dienone is 3. The van der Waals surface area contributed by atoms with Crippen molar-refractivity contribution in [2.75, 3.05) is 23.7 Å². The highest BCUT2D eigenvalue weighted by Crippen LogP contribution is 2.28. The maximum atomic E-state index is 14.7. The molecule has 0 radical (unpaired) electrons. The Labute approximate surface area is 198 Å². The second-order valence-corrected chi connectivity index (χ2v) is 8.33. The zero-order valence-electron chi connectivity index (χ0n) is 19.3. The van der Waals surface area contributed by atoms with Gasteiger partial charge in [0.1, 0.15) is 17.1 Å². The SMILES string of the molecule is Cc1noc(C)c1C(=O)Nc1ccc(NCCNC(c2ccccc2)C2C=CC=CC2)c(F)c1. The Balaban J connectivity index is 1.33. The van der Waals surface area contributed by atoms with Gasteiger partial charge in [-0.15, -0.1) is 0 Å². The Bertz CT molecular complexity index is 1170. The van der Waals surface area contributed by atoms with Crippen LogP contribution in [0, 0.1) is 25.6 Å². The zero-order chi connectivity index (χ0) is 23.9. The topological polar surface area (TPSA) is 79.2 Å². The van der Waals surface area contributed by atoms with Gasteiger partial charge in [0.05, 0.1) is 11.4 Å². The van der Waals surface area contributed by atoms with E-state index in [4.69, 9.17) is 4.52 Å². The van der Waals surface area contributed by atoms with Gasteiger partial charge in [-0.2, -0.15) is 0 Å². The predicted octanol–water partition coefficient (Wildman–Crippen LogP) is 5.56. The van der Waals surface area contributed by atoms with Crippen LogP contribution >= 0.6 is 0 Å². The van der Waals surface area contributed by atoms with E-state index in [1.165, 1.54) is 11.6 Å². The molecule has 1 aliphatic carbocycles. The summed E-state index contributed by atoms with van der Waals surface area (Å²) in [5.41, 5.74) is 2.85. The standard InChI is InChI=1S/C27H29FN4O2/c1-18-25(19(2)34-32-18)27(33)31-22-13-14-24(23(28)17-22)29-15-16-30-26(20-9-5-3-6-10-20)21-11-7-4-8-12-21/h3-11,13-14,17,21,26,29-30H,12,15-16H2,1-2H3,(H,31,33). The van der Waals surface area contributed by atoms with E-state index >= 15 is 0 Å². The molecule has 1 aliphatic rings. The van der Waals surface area contributed by atoms with Crippen molar-refractivity contribution in [3.63, 3.8) is 0 Å². The molecule has 0 aliphatic heterocycles. The number of aryl methyl sites for hydroxylation is 2. The Morgan fingerprint density at radius 1 is 1.15 bits per heavy atom. The molecule has 34 heavy (non-hydrogen) atoms. The fraction of sp³-hybridized carbons (Fsp3) is 0.259. The molecule has 0 spiro atoms. The first-order chi connectivity index (χ1) is 16.5. The summed E-state index contributed by atoms with van der Waals surface area (Å²) in [4.78, 5) is 12.5. The number of rotatable bonds is 9. The molecule has 3 aromatic rings. The van der Waals surface area contributed by atoms with Gasteiger partial charge in [0.25, 0.3) is 5.91 Å². The zero-order valence-corrected chi connectivity index (χ0v) is 19.3. The lowest BCUT2D eigenvalue weighted by Crippen LogP contribution is -2.31. The van der Waals surface area contributed by atoms with Crippen LogP contribution in [0.3, 0.4) is 0 Å². The maximum absolute atomic E-state index is 14.7. The lowest BCUT2D eigenvalue weighted by molar-refractivity contribution is 0.102. The van der Waals surface area contributed by atoms with Crippen molar-refractivity contribution in [2.24, 2.45) is 5.92 Å². The number of amides is 1. The van der Waals surface area contributed by atoms with Gasteiger partial charge in [0, 0.05) is 30.7 Å². The number of nitrogens with zero attached hydrogens (tertiary/aromatic N) is 1. The van der Waals surface area contributed by atoms with E-state index in [1.807, 2.05) is 18.2 Å². The molecule has 1 amide bonds. The Morgan fingerprint density at radius 3 is 2.65 bits per heavy atom. The van der Waals surface area contributed by atoms with Gasteiger partial charge >= 0.3 is 0 Å². The third-order valence-electron chi connectivity index (χ3n) is 5.89. The molecule has 2 unspecified atom stereocenters. The van der Waals surface area contributed by atoms with Crippen molar-refractivity contribution >= 4 is 17.3 Å². The number of nitrogens with one attached hydrogen (secondary N) is 3. The molecule has 0 saturated heterocycles. The lowest BCUT2D eigenvalue weighted by Gasteiger charge is -2.27. The third kappa shape index (κ3) is 5.61. The normalized spacial score (nSPS) is 15.8. The molecular formula is C27H29FN4O2. The largest absolute Gasteiger partial charge is 0.381 e. The minimum Gasteiger partial charge on any atom is -0.381 e. The van der Waals surface area contributed by atoms with E-state index < -0.39 is 5.82 Å². The molecule has 7 heteroatoms. The van der Waals surface area contributed by atoms with Crippen LogP contribution in [0.1, 0.15) is 39.8 Å². The number of anilines is 2. The number of hydrogen-bond donors (Lipinski definition) is 3. The molecule has 0 bridgehead atoms. The van der Waals surface area contributed by atoms with Gasteiger partial charge in [-0.05, 0) is 44.0 Å². The maximum Gasteiger partial charge on any atom is 0.261 e. The highest BCUT2D eigenvalue weighted by atomic mass is 19.1. The average Bonchev–Trinajstić information content (AvgIpc) is 3.19. The van der Waals surface area contributed by atoms with Crippen LogP contribution in [0.15, 0.2) is 77.4 Å². The molecule has 1 aromatic heterocycles. The highest BCUT2D eigenvalue weighted by Gasteiger charge is 2.21. The molecule has 2 aromatic carbocycles. The summed E-state index contributed by atoms with van der Waals surface area (Å²) in [6, 6.07) is 15.1. The second kappa shape index (κ2) is 10.9. The number of carbonyl (C=O) groups is 1. The summed E-state index contributed by atoms with van der Waals surface area (Å²) in [7, 11) is 0. The van der Waals surface area contributed by atoms with Crippen molar-refractivity contribution in [3.05, 3.63) is 101 Å². The van der Waals surface area contributed by atoms with E-state index in [0.29, 0.717) is 47.4 Å². The molecule has 176 valence electrons. The lowest BCUT2D eigenvalue weighted by atomic mass is 9.88. The molecule has 0 fully saturated rings. The van der Waals surface area contributed by atoms with Crippen LogP contribution < -0.4 is 16.0 Å². The number of hydrogen-bond acceptors (Lipinski definition) is 5. The monoisotopic (exact) mass is 460 g/mol. The highest BCUT2D eigenvalue weighted by molar-refractivity contribution is 6.05. The van der Waals surface area contributed by atoms with E-state index in [0.717, 1.165) is 6.42 Å². The number of halogens is 1. The number of aromatic nitrogens is 1. The summed E-state index contributed by atoms with van der Waals surface area (Å²) in [5.74, 6) is -0.0184. The fourth-order valence-electron chi connectivity index (χ4n) is 4.19. The fourth-order valence-corrected chi connectivity index (χ4v) is 4.19. The van der Waals surface area contributed by atoms with Gasteiger partial charge < -0.3 is 20.5 Å². The van der Waals surface area contributed by atoms with Crippen LogP contribution in [-0.4, -0.2) is 24.2 Å². The second-order valence-electron chi connectivity index (χ2n) is 8.33. The molecule has 4 rings (SSSR count). The van der Waals surface area contributed by atoms with E-state index in [-0.39, 0.29) is 11.9 Å². The van der Waals surface area contributed by atoms with Gasteiger partial charge in [-0.1, -0.05) is 59.8 Å². The smallest absolute Gasteiger partial charge is 0.261 e. The van der Waals surface area contributed by atoms with E-state index in [1.54, 1.807) is 26.0 Å². The summed E-state index contributed by atoms with van der Waals surface area (Å²) in [6.45, 7) is 4.58. The van der Waals surface area contributed by atoms with Crippen LogP contribution in [0.2, 0.25) is 0 Å². The molecule has 0 saturated carbocycles. The quantitative estimate of drug-likeness (QED) is 0.365. The Morgan fingerprint density at radius 2 is 1.97 bits per heavy atom. The van der Waals surface area contributed by atoms with Gasteiger partial charge in [-0.3, -0.25) is 4.79 Å². The number of benzene rings is 2. The van der Waals surface area contributed by atoms with Crippen molar-refractivity contribution in [1.29, 1.82) is 0 Å². The van der Waals surface area contributed by atoms with Crippen molar-refractivity contribution in [2.45, 2.75) is 26.3 Å². The van der Waals surface area contributed by atoms with Crippen LogP contribution in [0.25, 0.3) is 0 Å². The first-order valence-corrected chi connectivity index (χ1v) is 11.4. The first-order valence-electron chi connectivity index (χ1n) is 11.4. The summed E-state index contributed by atoms with van der Waals surface area (Å²) in [5, 5.41) is 13.2.